The minimum Gasteiger partial charge on any atom is -0.348 e. The molecule has 1 saturated heterocycles. The minimum absolute atomic E-state index is 0.0150. The third-order valence-electron chi connectivity index (χ3n) is 5.28. The summed E-state index contributed by atoms with van der Waals surface area (Å²) in [6.07, 6.45) is 3.74. The van der Waals surface area contributed by atoms with Crippen molar-refractivity contribution in [3.05, 3.63) is 64.2 Å². The van der Waals surface area contributed by atoms with Crippen molar-refractivity contribution >= 4 is 27.5 Å². The smallest absolute Gasteiger partial charge is 0.253 e. The highest BCUT2D eigenvalue weighted by molar-refractivity contribution is 7.89. The first-order valence-electron chi connectivity index (χ1n) is 10.7. The molecule has 2 aromatic carbocycles. The molecule has 0 unspecified atom stereocenters. The fraction of sp³-hybridized carbons (Fsp3) is 0.435. The van der Waals surface area contributed by atoms with Gasteiger partial charge in [-0.15, -0.1) is 0 Å². The van der Waals surface area contributed by atoms with Gasteiger partial charge in [0.25, 0.3) is 5.91 Å². The van der Waals surface area contributed by atoms with Crippen LogP contribution < -0.4 is 10.0 Å². The van der Waals surface area contributed by atoms with Gasteiger partial charge in [-0.2, -0.15) is 0 Å². The molecule has 1 aliphatic rings. The van der Waals surface area contributed by atoms with E-state index in [0.717, 1.165) is 25.2 Å². The normalized spacial score (nSPS) is 15.2. The molecule has 3 rings (SSSR count). The van der Waals surface area contributed by atoms with Crippen LogP contribution in [-0.2, 0) is 23.1 Å². The van der Waals surface area contributed by atoms with Crippen LogP contribution in [0.25, 0.3) is 0 Å². The average molecular weight is 464 g/mol. The molecule has 0 bridgehead atoms. The predicted molar refractivity (Wildman–Crippen MR) is 124 cm³/mol. The minimum atomic E-state index is -3.72. The van der Waals surface area contributed by atoms with Crippen LogP contribution in [0.3, 0.4) is 0 Å². The number of hydrogen-bond donors (Lipinski definition) is 2. The van der Waals surface area contributed by atoms with E-state index in [9.17, 15) is 13.2 Å². The van der Waals surface area contributed by atoms with Gasteiger partial charge in [0.05, 0.1) is 15.5 Å². The molecule has 1 heterocycles. The van der Waals surface area contributed by atoms with Crippen molar-refractivity contribution in [3.63, 3.8) is 0 Å². The summed E-state index contributed by atoms with van der Waals surface area (Å²) in [6, 6.07) is 12.0. The van der Waals surface area contributed by atoms with Gasteiger partial charge in [0, 0.05) is 19.1 Å². The van der Waals surface area contributed by atoms with Gasteiger partial charge in [0.2, 0.25) is 10.0 Å². The molecule has 0 radical (unpaired) electrons. The molecule has 1 amide bonds. The van der Waals surface area contributed by atoms with Crippen LogP contribution >= 0.6 is 11.6 Å². The molecule has 31 heavy (non-hydrogen) atoms. The van der Waals surface area contributed by atoms with Crippen molar-refractivity contribution in [2.24, 2.45) is 0 Å². The zero-order chi connectivity index (χ0) is 22.4. The predicted octanol–water partition coefficient (Wildman–Crippen LogP) is 3.94. The lowest BCUT2D eigenvalue weighted by Crippen LogP contribution is -2.31. The second kappa shape index (κ2) is 10.6. The number of hydrogen-bond acceptors (Lipinski definition) is 4. The lowest BCUT2D eigenvalue weighted by molar-refractivity contribution is 0.0950. The van der Waals surface area contributed by atoms with Crippen LogP contribution in [0.2, 0.25) is 5.02 Å². The fourth-order valence-corrected chi connectivity index (χ4v) is 5.22. The quantitative estimate of drug-likeness (QED) is 0.621. The molecular weight excluding hydrogens is 434 g/mol. The van der Waals surface area contributed by atoms with Crippen LogP contribution in [-0.4, -0.2) is 38.4 Å². The number of benzene rings is 2. The van der Waals surface area contributed by atoms with Crippen LogP contribution in [0, 0.1) is 0 Å². The Hall–Kier alpha value is -1.93. The number of nitrogens with one attached hydrogen (secondary N) is 2. The number of rotatable bonds is 8. The number of sulfonamides is 1. The van der Waals surface area contributed by atoms with E-state index in [-0.39, 0.29) is 21.5 Å². The van der Waals surface area contributed by atoms with Gasteiger partial charge in [-0.3, -0.25) is 9.69 Å². The molecule has 8 heteroatoms. The molecule has 1 aliphatic heterocycles. The Morgan fingerprint density at radius 2 is 1.74 bits per heavy atom. The van der Waals surface area contributed by atoms with Crippen molar-refractivity contribution < 1.29 is 13.2 Å². The molecule has 0 aliphatic carbocycles. The number of amides is 1. The Morgan fingerprint density at radius 1 is 1.06 bits per heavy atom. The molecule has 168 valence electrons. The van der Waals surface area contributed by atoms with Crippen molar-refractivity contribution in [2.45, 2.75) is 57.1 Å². The first kappa shape index (κ1) is 23.7. The highest BCUT2D eigenvalue weighted by Gasteiger charge is 2.20. The first-order valence-corrected chi connectivity index (χ1v) is 12.5. The third-order valence-corrected chi connectivity index (χ3v) is 7.27. The van der Waals surface area contributed by atoms with Crippen LogP contribution in [0.4, 0.5) is 0 Å². The largest absolute Gasteiger partial charge is 0.348 e. The molecular formula is C23H30ClN3O3S. The third kappa shape index (κ3) is 6.53. The van der Waals surface area contributed by atoms with E-state index in [4.69, 9.17) is 11.6 Å². The number of likely N-dealkylation sites (tertiary alicyclic amines) is 1. The van der Waals surface area contributed by atoms with Gasteiger partial charge < -0.3 is 5.32 Å². The van der Waals surface area contributed by atoms with E-state index in [1.165, 1.54) is 43.0 Å². The van der Waals surface area contributed by atoms with Crippen molar-refractivity contribution in [1.29, 1.82) is 0 Å². The van der Waals surface area contributed by atoms with Gasteiger partial charge in [0.1, 0.15) is 0 Å². The molecule has 2 N–H and O–H groups in total. The van der Waals surface area contributed by atoms with Crippen molar-refractivity contribution in [1.82, 2.24) is 14.9 Å². The maximum Gasteiger partial charge on any atom is 0.253 e. The molecule has 0 atom stereocenters. The van der Waals surface area contributed by atoms with E-state index < -0.39 is 15.9 Å². The summed E-state index contributed by atoms with van der Waals surface area (Å²) < 4.78 is 27.4. The zero-order valence-corrected chi connectivity index (χ0v) is 19.6. The summed E-state index contributed by atoms with van der Waals surface area (Å²) >= 11 is 6.21. The number of carbonyl (C=O) groups is 1. The summed E-state index contributed by atoms with van der Waals surface area (Å²) in [5.74, 6) is -0.403. The van der Waals surface area contributed by atoms with Gasteiger partial charge in [-0.1, -0.05) is 42.3 Å². The van der Waals surface area contributed by atoms with E-state index >= 15 is 0 Å². The van der Waals surface area contributed by atoms with E-state index in [0.29, 0.717) is 6.54 Å². The first-order chi connectivity index (χ1) is 14.8. The second-order valence-corrected chi connectivity index (χ2v) is 10.3. The Balaban J connectivity index is 1.72. The maximum atomic E-state index is 12.8. The number of nitrogens with zero attached hydrogens (tertiary/aromatic N) is 1. The molecule has 6 nitrogen and oxygen atoms in total. The molecule has 1 fully saturated rings. The summed E-state index contributed by atoms with van der Waals surface area (Å²) in [6.45, 7) is 6.89. The lowest BCUT2D eigenvalue weighted by atomic mass is 10.0. The van der Waals surface area contributed by atoms with E-state index in [1.807, 2.05) is 18.2 Å². The van der Waals surface area contributed by atoms with Gasteiger partial charge >= 0.3 is 0 Å². The van der Waals surface area contributed by atoms with Gasteiger partial charge in [-0.05, 0) is 69.1 Å². The lowest BCUT2D eigenvalue weighted by Gasteiger charge is -2.27. The molecule has 2 aromatic rings. The molecule has 0 aromatic heterocycles. The topological polar surface area (TPSA) is 78.5 Å². The van der Waals surface area contributed by atoms with E-state index in [1.54, 1.807) is 13.8 Å². The number of halogens is 1. The number of carbonyl (C=O) groups excluding carboxylic acids is 1. The Morgan fingerprint density at radius 3 is 2.42 bits per heavy atom. The standard InChI is InChI=1S/C23H30ClN3O3S/c1-17(2)26-31(29,30)20-10-11-22(24)21(14-20)23(28)25-15-18-8-4-5-9-19(18)16-27-12-6-3-7-13-27/h4-5,8-11,14,17,26H,3,6-7,12-13,15-16H2,1-2H3,(H,25,28). The summed E-state index contributed by atoms with van der Waals surface area (Å²) in [5, 5.41) is 3.11. The SMILES string of the molecule is CC(C)NS(=O)(=O)c1ccc(Cl)c(C(=O)NCc2ccccc2CN2CCCCC2)c1. The summed E-state index contributed by atoms with van der Waals surface area (Å²) in [5.41, 5.74) is 2.37. The summed E-state index contributed by atoms with van der Waals surface area (Å²) in [7, 11) is -3.72. The number of piperidine rings is 1. The Labute approximate surface area is 190 Å². The highest BCUT2D eigenvalue weighted by atomic mass is 35.5. The Kier molecular flexibility index (Phi) is 8.11. The summed E-state index contributed by atoms with van der Waals surface area (Å²) in [4.78, 5) is 15.3. The average Bonchev–Trinajstić information content (AvgIpc) is 2.73. The van der Waals surface area contributed by atoms with Crippen molar-refractivity contribution in [3.8, 4) is 0 Å². The van der Waals surface area contributed by atoms with E-state index in [2.05, 4.69) is 21.0 Å². The van der Waals surface area contributed by atoms with Crippen LogP contribution in [0.1, 0.15) is 54.6 Å². The van der Waals surface area contributed by atoms with Crippen LogP contribution in [0.5, 0.6) is 0 Å². The Bertz CT molecular complexity index is 1020. The van der Waals surface area contributed by atoms with Gasteiger partial charge in [0.15, 0.2) is 0 Å². The second-order valence-electron chi connectivity index (χ2n) is 8.21. The fourth-order valence-electron chi connectivity index (χ4n) is 3.74. The highest BCUT2D eigenvalue weighted by Crippen LogP contribution is 2.21. The molecule has 0 spiro atoms. The molecule has 0 saturated carbocycles. The monoisotopic (exact) mass is 463 g/mol. The zero-order valence-electron chi connectivity index (χ0n) is 18.0. The van der Waals surface area contributed by atoms with Crippen LogP contribution in [0.15, 0.2) is 47.4 Å². The van der Waals surface area contributed by atoms with Gasteiger partial charge in [-0.25, -0.2) is 13.1 Å². The van der Waals surface area contributed by atoms with Crippen molar-refractivity contribution in [2.75, 3.05) is 13.1 Å². The maximum absolute atomic E-state index is 12.8.